The molecule has 0 aromatic heterocycles. The molecule has 0 aliphatic carbocycles. The molecule has 8 N–H and O–H groups in total. The van der Waals surface area contributed by atoms with Crippen LogP contribution < -0.4 is 21.7 Å². The zero-order chi connectivity index (χ0) is 26.9. The summed E-state index contributed by atoms with van der Waals surface area (Å²) in [5, 5.41) is 36.2. The molecule has 1 aromatic rings. The smallest absolute Gasteiger partial charge is 0.326 e. The van der Waals surface area contributed by atoms with E-state index in [4.69, 9.17) is 5.73 Å². The van der Waals surface area contributed by atoms with Crippen molar-refractivity contribution in [3.63, 3.8) is 0 Å². The summed E-state index contributed by atoms with van der Waals surface area (Å²) in [4.78, 5) is 50.1. The number of aliphatic carboxylic acids is 1. The van der Waals surface area contributed by atoms with Crippen LogP contribution in [0.4, 0.5) is 0 Å². The van der Waals surface area contributed by atoms with Crippen molar-refractivity contribution < 1.29 is 34.5 Å². The molecule has 0 aliphatic heterocycles. The number of hydrogen-bond acceptors (Lipinski definition) is 7. The Kier molecular flexibility index (Phi) is 11.6. The number of carbonyl (C=O) groups excluding carboxylic acids is 3. The van der Waals surface area contributed by atoms with E-state index in [0.29, 0.717) is 5.56 Å². The minimum atomic E-state index is -1.26. The minimum absolute atomic E-state index is 0.0119. The summed E-state index contributed by atoms with van der Waals surface area (Å²) in [6.45, 7) is 8.46. The van der Waals surface area contributed by atoms with E-state index in [0.717, 1.165) is 0 Å². The lowest BCUT2D eigenvalue weighted by Gasteiger charge is -2.28. The molecular formula is C24H38N4O7. The lowest BCUT2D eigenvalue weighted by molar-refractivity contribution is -0.142. The van der Waals surface area contributed by atoms with Crippen molar-refractivity contribution in [2.24, 2.45) is 17.6 Å². The highest BCUT2D eigenvalue weighted by molar-refractivity contribution is 5.94. The number of carbonyl (C=O) groups is 4. The third kappa shape index (κ3) is 9.91. The summed E-state index contributed by atoms with van der Waals surface area (Å²) in [6, 6.07) is 1.38. The first-order valence-corrected chi connectivity index (χ1v) is 11.6. The van der Waals surface area contributed by atoms with Gasteiger partial charge < -0.3 is 37.0 Å². The number of carboxylic acid groups (broad SMARTS) is 1. The molecule has 11 heteroatoms. The van der Waals surface area contributed by atoms with Crippen LogP contribution in [0.25, 0.3) is 0 Å². The normalized spacial score (nSPS) is 15.6. The molecule has 0 aliphatic rings. The van der Waals surface area contributed by atoms with E-state index in [1.54, 1.807) is 26.0 Å². The molecule has 0 saturated carbocycles. The van der Waals surface area contributed by atoms with Gasteiger partial charge in [0.2, 0.25) is 17.7 Å². The highest BCUT2D eigenvalue weighted by Crippen LogP contribution is 2.13. The van der Waals surface area contributed by atoms with Crippen LogP contribution in [-0.4, -0.2) is 69.3 Å². The number of amides is 3. The summed E-state index contributed by atoms with van der Waals surface area (Å²) >= 11 is 0. The van der Waals surface area contributed by atoms with Gasteiger partial charge in [-0.25, -0.2) is 4.79 Å². The predicted octanol–water partition coefficient (Wildman–Crippen LogP) is -0.116. The Morgan fingerprint density at radius 1 is 0.857 bits per heavy atom. The standard InChI is InChI=1S/C24H38N4O7/c1-12(2)10-17(26-23(33)20(13(3)4)28-22(32)19(25)14(5)29)21(31)27-18(24(34)35)11-15-6-8-16(30)9-7-15/h6-9,12-14,17-20,29-30H,10-11,25H2,1-5H3,(H,26,33)(H,27,31)(H,28,32)(H,34,35). The summed E-state index contributed by atoms with van der Waals surface area (Å²) in [7, 11) is 0. The van der Waals surface area contributed by atoms with Gasteiger partial charge in [0.15, 0.2) is 0 Å². The van der Waals surface area contributed by atoms with Crippen LogP contribution in [0.3, 0.4) is 0 Å². The number of benzene rings is 1. The quantitative estimate of drug-likeness (QED) is 0.197. The van der Waals surface area contributed by atoms with Crippen LogP contribution in [0.1, 0.15) is 46.6 Å². The maximum Gasteiger partial charge on any atom is 0.326 e. The topological polar surface area (TPSA) is 191 Å². The number of phenols is 1. The fraction of sp³-hybridized carbons (Fsp3) is 0.583. The van der Waals surface area contributed by atoms with Crippen LogP contribution in [-0.2, 0) is 25.6 Å². The average Bonchev–Trinajstić information content (AvgIpc) is 2.76. The Bertz CT molecular complexity index is 871. The van der Waals surface area contributed by atoms with E-state index < -0.39 is 54.0 Å². The number of carboxylic acids is 1. The monoisotopic (exact) mass is 494 g/mol. The molecule has 0 bridgehead atoms. The van der Waals surface area contributed by atoms with Crippen LogP contribution in [0, 0.1) is 11.8 Å². The third-order valence-electron chi connectivity index (χ3n) is 5.40. The zero-order valence-corrected chi connectivity index (χ0v) is 20.8. The summed E-state index contributed by atoms with van der Waals surface area (Å²) in [5.74, 6) is -3.60. The van der Waals surface area contributed by atoms with Crippen molar-refractivity contribution in [3.05, 3.63) is 29.8 Å². The number of aromatic hydroxyl groups is 1. The second-order valence-corrected chi connectivity index (χ2v) is 9.46. The fourth-order valence-corrected chi connectivity index (χ4v) is 3.31. The second-order valence-electron chi connectivity index (χ2n) is 9.46. The first kappa shape index (κ1) is 29.9. The van der Waals surface area contributed by atoms with Gasteiger partial charge in [-0.15, -0.1) is 0 Å². The van der Waals surface area contributed by atoms with Crippen molar-refractivity contribution in [1.29, 1.82) is 0 Å². The van der Waals surface area contributed by atoms with Crippen LogP contribution >= 0.6 is 0 Å². The Hall–Kier alpha value is -3.18. The van der Waals surface area contributed by atoms with Crippen molar-refractivity contribution in [3.8, 4) is 5.75 Å². The summed E-state index contributed by atoms with van der Waals surface area (Å²) in [5.41, 5.74) is 6.25. The lowest BCUT2D eigenvalue weighted by atomic mass is 9.98. The summed E-state index contributed by atoms with van der Waals surface area (Å²) < 4.78 is 0. The molecule has 35 heavy (non-hydrogen) atoms. The molecule has 11 nitrogen and oxygen atoms in total. The average molecular weight is 495 g/mol. The van der Waals surface area contributed by atoms with Gasteiger partial charge in [0.1, 0.15) is 29.9 Å². The fourth-order valence-electron chi connectivity index (χ4n) is 3.31. The SMILES string of the molecule is CC(C)CC(NC(=O)C(NC(=O)C(N)C(C)O)C(C)C)C(=O)NC(Cc1ccc(O)cc1)C(=O)O. The van der Waals surface area contributed by atoms with Gasteiger partial charge in [-0.05, 0) is 42.9 Å². The number of nitrogens with two attached hydrogens (primary N) is 1. The summed E-state index contributed by atoms with van der Waals surface area (Å²) in [6.07, 6.45) is -0.910. The molecule has 5 unspecified atom stereocenters. The second kappa shape index (κ2) is 13.6. The van der Waals surface area contributed by atoms with Crippen molar-refractivity contribution in [2.45, 2.75) is 77.7 Å². The number of aliphatic hydroxyl groups is 1. The van der Waals surface area contributed by atoms with Gasteiger partial charge in [0, 0.05) is 6.42 Å². The Labute approximate surface area is 205 Å². The maximum atomic E-state index is 13.0. The van der Waals surface area contributed by atoms with Gasteiger partial charge in [0.25, 0.3) is 0 Å². The van der Waals surface area contributed by atoms with Crippen molar-refractivity contribution in [1.82, 2.24) is 16.0 Å². The number of phenolic OH excluding ortho intramolecular Hbond substituents is 1. The molecule has 0 saturated heterocycles. The van der Waals surface area contributed by atoms with E-state index in [-0.39, 0.29) is 30.4 Å². The Balaban J connectivity index is 3.00. The minimum Gasteiger partial charge on any atom is -0.508 e. The first-order valence-electron chi connectivity index (χ1n) is 11.6. The molecule has 1 rings (SSSR count). The zero-order valence-electron chi connectivity index (χ0n) is 20.8. The van der Waals surface area contributed by atoms with E-state index >= 15 is 0 Å². The molecule has 0 spiro atoms. The van der Waals surface area contributed by atoms with E-state index in [1.807, 2.05) is 13.8 Å². The van der Waals surface area contributed by atoms with Crippen molar-refractivity contribution in [2.75, 3.05) is 0 Å². The predicted molar refractivity (Wildman–Crippen MR) is 129 cm³/mol. The molecule has 196 valence electrons. The number of aliphatic hydroxyl groups excluding tert-OH is 1. The number of hydrogen-bond donors (Lipinski definition) is 7. The van der Waals surface area contributed by atoms with Crippen LogP contribution in [0.2, 0.25) is 0 Å². The highest BCUT2D eigenvalue weighted by atomic mass is 16.4. The Morgan fingerprint density at radius 2 is 1.40 bits per heavy atom. The van der Waals surface area contributed by atoms with Gasteiger partial charge >= 0.3 is 5.97 Å². The number of nitrogens with one attached hydrogen (secondary N) is 3. The van der Waals surface area contributed by atoms with E-state index in [1.165, 1.54) is 19.1 Å². The van der Waals surface area contributed by atoms with Crippen molar-refractivity contribution >= 4 is 23.7 Å². The van der Waals surface area contributed by atoms with Gasteiger partial charge in [-0.3, -0.25) is 14.4 Å². The van der Waals surface area contributed by atoms with Gasteiger partial charge in [-0.1, -0.05) is 39.8 Å². The molecular weight excluding hydrogens is 456 g/mol. The number of rotatable bonds is 13. The van der Waals surface area contributed by atoms with Gasteiger partial charge in [0.05, 0.1) is 6.10 Å². The molecule has 1 aromatic carbocycles. The van der Waals surface area contributed by atoms with Crippen LogP contribution in [0.5, 0.6) is 5.75 Å². The molecule has 0 heterocycles. The third-order valence-corrected chi connectivity index (χ3v) is 5.40. The maximum absolute atomic E-state index is 13.0. The van der Waals surface area contributed by atoms with Crippen LogP contribution in [0.15, 0.2) is 24.3 Å². The molecule has 3 amide bonds. The molecule has 0 fully saturated rings. The molecule has 5 atom stereocenters. The van der Waals surface area contributed by atoms with Gasteiger partial charge in [-0.2, -0.15) is 0 Å². The van der Waals surface area contributed by atoms with E-state index in [9.17, 15) is 34.5 Å². The molecule has 0 radical (unpaired) electrons. The largest absolute Gasteiger partial charge is 0.508 e. The Morgan fingerprint density at radius 3 is 1.86 bits per heavy atom. The first-order chi connectivity index (χ1) is 16.2. The lowest BCUT2D eigenvalue weighted by Crippen LogP contribution is -2.59. The van der Waals surface area contributed by atoms with E-state index in [2.05, 4.69) is 16.0 Å². The highest BCUT2D eigenvalue weighted by Gasteiger charge is 2.32.